The second kappa shape index (κ2) is 3.53. The Balaban J connectivity index is 2.54. The number of benzene rings is 1. The molecule has 0 unspecified atom stereocenters. The SMILES string of the molecule is COc1cc2c(cc1OC)C(=O)SC2. The van der Waals surface area contributed by atoms with Crippen LogP contribution in [-0.2, 0) is 5.75 Å². The summed E-state index contributed by atoms with van der Waals surface area (Å²) < 4.78 is 10.3. The molecular weight excluding hydrogens is 200 g/mol. The van der Waals surface area contributed by atoms with Crippen molar-refractivity contribution in [1.29, 1.82) is 0 Å². The average molecular weight is 210 g/mol. The normalized spacial score (nSPS) is 14.0. The van der Waals surface area contributed by atoms with Crippen molar-refractivity contribution in [1.82, 2.24) is 0 Å². The van der Waals surface area contributed by atoms with Crippen LogP contribution < -0.4 is 9.47 Å². The standard InChI is InChI=1S/C10H10O3S/c1-12-8-3-6-5-14-10(11)7(6)4-9(8)13-2/h3-4H,5H2,1-2H3. The second-order valence-corrected chi connectivity index (χ2v) is 3.89. The molecule has 2 rings (SSSR count). The molecule has 0 spiro atoms. The molecule has 0 atom stereocenters. The number of hydrogen-bond donors (Lipinski definition) is 0. The molecule has 1 aromatic rings. The zero-order valence-corrected chi connectivity index (χ0v) is 8.81. The van der Waals surface area contributed by atoms with E-state index >= 15 is 0 Å². The highest BCUT2D eigenvalue weighted by atomic mass is 32.2. The Hall–Kier alpha value is -1.16. The fraction of sp³-hybridized carbons (Fsp3) is 0.300. The molecule has 1 aromatic carbocycles. The minimum atomic E-state index is 0.112. The Bertz CT molecular complexity index is 387. The van der Waals surface area contributed by atoms with E-state index in [0.29, 0.717) is 11.5 Å². The van der Waals surface area contributed by atoms with E-state index in [1.807, 2.05) is 6.07 Å². The highest BCUT2D eigenvalue weighted by molar-refractivity contribution is 8.13. The minimum absolute atomic E-state index is 0.112. The van der Waals surface area contributed by atoms with Crippen LogP contribution in [0.2, 0.25) is 0 Å². The third kappa shape index (κ3) is 1.35. The molecule has 74 valence electrons. The van der Waals surface area contributed by atoms with Crippen LogP contribution in [0.4, 0.5) is 0 Å². The fourth-order valence-electron chi connectivity index (χ4n) is 1.45. The van der Waals surface area contributed by atoms with Crippen LogP contribution in [0.5, 0.6) is 11.5 Å². The van der Waals surface area contributed by atoms with Crippen molar-refractivity contribution in [3.05, 3.63) is 23.3 Å². The Morgan fingerprint density at radius 3 is 2.50 bits per heavy atom. The number of carbonyl (C=O) groups excluding carboxylic acids is 1. The van der Waals surface area contributed by atoms with Gasteiger partial charge in [-0.15, -0.1) is 0 Å². The van der Waals surface area contributed by atoms with Crippen molar-refractivity contribution in [3.8, 4) is 11.5 Å². The van der Waals surface area contributed by atoms with E-state index in [4.69, 9.17) is 9.47 Å². The van der Waals surface area contributed by atoms with Crippen molar-refractivity contribution in [3.63, 3.8) is 0 Å². The summed E-state index contributed by atoms with van der Waals surface area (Å²) in [4.78, 5) is 11.4. The van der Waals surface area contributed by atoms with Crippen molar-refractivity contribution in [2.75, 3.05) is 14.2 Å². The maximum atomic E-state index is 11.4. The molecule has 0 N–H and O–H groups in total. The van der Waals surface area contributed by atoms with Crippen LogP contribution in [0.3, 0.4) is 0 Å². The van der Waals surface area contributed by atoms with Gasteiger partial charge in [-0.05, 0) is 17.7 Å². The summed E-state index contributed by atoms with van der Waals surface area (Å²) in [6.07, 6.45) is 0. The molecule has 0 aromatic heterocycles. The van der Waals surface area contributed by atoms with Gasteiger partial charge < -0.3 is 9.47 Å². The van der Waals surface area contributed by atoms with Gasteiger partial charge in [-0.3, -0.25) is 4.79 Å². The summed E-state index contributed by atoms with van der Waals surface area (Å²) in [5.41, 5.74) is 1.77. The predicted molar refractivity (Wildman–Crippen MR) is 55.2 cm³/mol. The Kier molecular flexibility index (Phi) is 2.37. The number of thioether (sulfide) groups is 1. The fourth-order valence-corrected chi connectivity index (χ4v) is 2.32. The van der Waals surface area contributed by atoms with Crippen LogP contribution >= 0.6 is 11.8 Å². The average Bonchev–Trinajstić information content (AvgIpc) is 2.58. The lowest BCUT2D eigenvalue weighted by molar-refractivity contribution is 0.109. The van der Waals surface area contributed by atoms with Crippen LogP contribution in [0.1, 0.15) is 15.9 Å². The van der Waals surface area contributed by atoms with Gasteiger partial charge in [-0.2, -0.15) is 0 Å². The first-order valence-corrected chi connectivity index (χ1v) is 5.17. The first-order chi connectivity index (χ1) is 6.76. The van der Waals surface area contributed by atoms with Crippen molar-refractivity contribution >= 4 is 16.9 Å². The molecule has 0 bridgehead atoms. The van der Waals surface area contributed by atoms with E-state index in [-0.39, 0.29) is 5.12 Å². The predicted octanol–water partition coefficient (Wildman–Crippen LogP) is 2.09. The van der Waals surface area contributed by atoms with Crippen molar-refractivity contribution in [2.45, 2.75) is 5.75 Å². The molecule has 1 heterocycles. The van der Waals surface area contributed by atoms with E-state index in [1.165, 1.54) is 11.8 Å². The zero-order chi connectivity index (χ0) is 10.1. The van der Waals surface area contributed by atoms with Gasteiger partial charge in [-0.1, -0.05) is 11.8 Å². The smallest absolute Gasteiger partial charge is 0.220 e. The van der Waals surface area contributed by atoms with Crippen molar-refractivity contribution in [2.24, 2.45) is 0 Å². The molecule has 0 aliphatic carbocycles. The summed E-state index contributed by atoms with van der Waals surface area (Å²) in [5.74, 6) is 2.03. The summed E-state index contributed by atoms with van der Waals surface area (Å²) in [6.45, 7) is 0. The number of methoxy groups -OCH3 is 2. The van der Waals surface area contributed by atoms with E-state index in [9.17, 15) is 4.79 Å². The van der Waals surface area contributed by atoms with Gasteiger partial charge >= 0.3 is 0 Å². The lowest BCUT2D eigenvalue weighted by Gasteiger charge is -2.08. The zero-order valence-electron chi connectivity index (χ0n) is 7.99. The van der Waals surface area contributed by atoms with E-state index in [1.54, 1.807) is 20.3 Å². The number of fused-ring (bicyclic) bond motifs is 1. The van der Waals surface area contributed by atoms with Gasteiger partial charge in [0.2, 0.25) is 5.12 Å². The van der Waals surface area contributed by atoms with Gasteiger partial charge in [0.05, 0.1) is 14.2 Å². The Labute approximate surface area is 86.4 Å². The summed E-state index contributed by atoms with van der Waals surface area (Å²) >= 11 is 1.31. The number of rotatable bonds is 2. The molecule has 1 aliphatic heterocycles. The van der Waals surface area contributed by atoms with Crippen LogP contribution in [-0.4, -0.2) is 19.3 Å². The molecular formula is C10H10O3S. The molecule has 14 heavy (non-hydrogen) atoms. The lowest BCUT2D eigenvalue weighted by atomic mass is 10.1. The summed E-state index contributed by atoms with van der Waals surface area (Å²) in [6, 6.07) is 3.61. The molecule has 1 aliphatic rings. The van der Waals surface area contributed by atoms with E-state index < -0.39 is 0 Å². The Morgan fingerprint density at radius 1 is 1.21 bits per heavy atom. The first kappa shape index (κ1) is 9.40. The third-order valence-electron chi connectivity index (χ3n) is 2.19. The van der Waals surface area contributed by atoms with Crippen LogP contribution in [0, 0.1) is 0 Å². The maximum absolute atomic E-state index is 11.4. The lowest BCUT2D eigenvalue weighted by Crippen LogP contribution is -1.95. The number of carbonyl (C=O) groups is 1. The number of hydrogen-bond acceptors (Lipinski definition) is 4. The molecule has 0 amide bonds. The molecule has 4 heteroatoms. The quantitative estimate of drug-likeness (QED) is 0.748. The van der Waals surface area contributed by atoms with Crippen LogP contribution in [0.25, 0.3) is 0 Å². The minimum Gasteiger partial charge on any atom is -0.493 e. The molecule has 0 fully saturated rings. The highest BCUT2D eigenvalue weighted by Crippen LogP contribution is 2.37. The first-order valence-electron chi connectivity index (χ1n) is 4.18. The van der Waals surface area contributed by atoms with E-state index in [0.717, 1.165) is 16.9 Å². The summed E-state index contributed by atoms with van der Waals surface area (Å²) in [7, 11) is 3.16. The monoisotopic (exact) mass is 210 g/mol. The van der Waals surface area contributed by atoms with E-state index in [2.05, 4.69) is 0 Å². The summed E-state index contributed by atoms with van der Waals surface area (Å²) in [5, 5.41) is 0.112. The molecule has 3 nitrogen and oxygen atoms in total. The maximum Gasteiger partial charge on any atom is 0.220 e. The van der Waals surface area contributed by atoms with Crippen LogP contribution in [0.15, 0.2) is 12.1 Å². The second-order valence-electron chi connectivity index (χ2n) is 2.94. The number of ether oxygens (including phenoxy) is 2. The van der Waals surface area contributed by atoms with Gasteiger partial charge in [0.1, 0.15) is 0 Å². The van der Waals surface area contributed by atoms with Gasteiger partial charge in [0.25, 0.3) is 0 Å². The van der Waals surface area contributed by atoms with Gasteiger partial charge in [-0.25, -0.2) is 0 Å². The van der Waals surface area contributed by atoms with Crippen molar-refractivity contribution < 1.29 is 14.3 Å². The Morgan fingerprint density at radius 2 is 1.86 bits per heavy atom. The van der Waals surface area contributed by atoms with Gasteiger partial charge in [0.15, 0.2) is 11.5 Å². The highest BCUT2D eigenvalue weighted by Gasteiger charge is 2.23. The third-order valence-corrected chi connectivity index (χ3v) is 3.13. The molecule has 0 saturated carbocycles. The largest absolute Gasteiger partial charge is 0.493 e. The molecule has 0 saturated heterocycles. The topological polar surface area (TPSA) is 35.5 Å². The molecule has 0 radical (unpaired) electrons. The van der Waals surface area contributed by atoms with Gasteiger partial charge in [0, 0.05) is 11.3 Å².